The van der Waals surface area contributed by atoms with Crippen molar-refractivity contribution in [1.82, 2.24) is 5.32 Å². The van der Waals surface area contributed by atoms with E-state index < -0.39 is 0 Å². The van der Waals surface area contributed by atoms with Gasteiger partial charge in [-0.1, -0.05) is 13.8 Å². The Morgan fingerprint density at radius 1 is 1.38 bits per heavy atom. The van der Waals surface area contributed by atoms with E-state index >= 15 is 0 Å². The van der Waals surface area contributed by atoms with Gasteiger partial charge in [0.05, 0.1) is 6.61 Å². The molecule has 0 aliphatic rings. The van der Waals surface area contributed by atoms with E-state index in [1.807, 2.05) is 11.8 Å². The third-order valence-electron chi connectivity index (χ3n) is 1.72. The Labute approximate surface area is 86.8 Å². The molecule has 0 aromatic heterocycles. The number of hydrogen-bond donors (Lipinski definition) is 1. The summed E-state index contributed by atoms with van der Waals surface area (Å²) in [5, 5.41) is 3.39. The number of rotatable bonds is 9. The van der Waals surface area contributed by atoms with Gasteiger partial charge in [0.25, 0.3) is 0 Å². The topological polar surface area (TPSA) is 21.3 Å². The lowest BCUT2D eigenvalue weighted by Crippen LogP contribution is -2.26. The third kappa shape index (κ3) is 10.2. The molecule has 0 saturated heterocycles. The molecule has 0 heterocycles. The van der Waals surface area contributed by atoms with Crippen LogP contribution in [0.1, 0.15) is 20.3 Å². The van der Waals surface area contributed by atoms with Crippen molar-refractivity contribution in [3.63, 3.8) is 0 Å². The van der Waals surface area contributed by atoms with Crippen molar-refractivity contribution in [3.05, 3.63) is 0 Å². The highest BCUT2D eigenvalue weighted by Crippen LogP contribution is 2.01. The summed E-state index contributed by atoms with van der Waals surface area (Å²) in [6.45, 7) is 8.24. The van der Waals surface area contributed by atoms with Gasteiger partial charge in [-0.05, 0) is 30.9 Å². The summed E-state index contributed by atoms with van der Waals surface area (Å²) in [6, 6.07) is 0. The standard InChI is InChI=1S/C10H23NOS/c1-4-6-12-7-5-11-8-10(2)9-13-3/h10-11H,4-9H2,1-3H3. The summed E-state index contributed by atoms with van der Waals surface area (Å²) in [5.74, 6) is 2.00. The zero-order valence-electron chi connectivity index (χ0n) is 9.14. The van der Waals surface area contributed by atoms with Crippen molar-refractivity contribution >= 4 is 11.8 Å². The van der Waals surface area contributed by atoms with E-state index in [0.29, 0.717) is 0 Å². The molecule has 0 aliphatic carbocycles. The molecule has 0 rings (SSSR count). The van der Waals surface area contributed by atoms with Gasteiger partial charge in [-0.25, -0.2) is 0 Å². The van der Waals surface area contributed by atoms with E-state index in [-0.39, 0.29) is 0 Å². The summed E-state index contributed by atoms with van der Waals surface area (Å²) >= 11 is 1.91. The van der Waals surface area contributed by atoms with E-state index in [1.54, 1.807) is 0 Å². The zero-order valence-corrected chi connectivity index (χ0v) is 9.95. The minimum Gasteiger partial charge on any atom is -0.380 e. The molecular weight excluding hydrogens is 182 g/mol. The van der Waals surface area contributed by atoms with Gasteiger partial charge in [-0.15, -0.1) is 0 Å². The Morgan fingerprint density at radius 3 is 2.77 bits per heavy atom. The second-order valence-corrected chi connectivity index (χ2v) is 4.29. The highest BCUT2D eigenvalue weighted by molar-refractivity contribution is 7.98. The van der Waals surface area contributed by atoms with Crippen LogP contribution in [-0.4, -0.2) is 38.3 Å². The predicted octanol–water partition coefficient (Wildman–Crippen LogP) is 2.00. The smallest absolute Gasteiger partial charge is 0.0590 e. The first-order valence-electron chi connectivity index (χ1n) is 5.08. The second-order valence-electron chi connectivity index (χ2n) is 3.38. The lowest BCUT2D eigenvalue weighted by molar-refractivity contribution is 0.136. The number of hydrogen-bond acceptors (Lipinski definition) is 3. The maximum absolute atomic E-state index is 5.36. The molecular formula is C10H23NOS. The summed E-state index contributed by atoms with van der Waals surface area (Å²) in [5.41, 5.74) is 0. The third-order valence-corrected chi connectivity index (χ3v) is 2.62. The highest BCUT2D eigenvalue weighted by Gasteiger charge is 1.98. The van der Waals surface area contributed by atoms with Gasteiger partial charge in [0.2, 0.25) is 0 Å². The Kier molecular flexibility index (Phi) is 10.6. The molecule has 0 fully saturated rings. The van der Waals surface area contributed by atoms with Gasteiger partial charge < -0.3 is 10.1 Å². The first kappa shape index (κ1) is 13.3. The van der Waals surface area contributed by atoms with Crippen molar-refractivity contribution in [3.8, 4) is 0 Å². The van der Waals surface area contributed by atoms with Crippen LogP contribution in [0.15, 0.2) is 0 Å². The van der Waals surface area contributed by atoms with Crippen LogP contribution in [-0.2, 0) is 4.74 Å². The monoisotopic (exact) mass is 205 g/mol. The van der Waals surface area contributed by atoms with Crippen LogP contribution in [0.5, 0.6) is 0 Å². The molecule has 0 amide bonds. The van der Waals surface area contributed by atoms with Crippen molar-refractivity contribution < 1.29 is 4.74 Å². The Hall–Kier alpha value is 0.270. The number of ether oxygens (including phenoxy) is 1. The normalized spacial score (nSPS) is 13.2. The molecule has 1 atom stereocenters. The molecule has 0 aromatic rings. The second kappa shape index (κ2) is 10.4. The maximum atomic E-state index is 5.36. The molecule has 0 bridgehead atoms. The Balaban J connectivity index is 2.97. The van der Waals surface area contributed by atoms with Crippen LogP contribution in [0.3, 0.4) is 0 Å². The van der Waals surface area contributed by atoms with Crippen molar-refractivity contribution in [2.75, 3.05) is 38.3 Å². The molecule has 1 unspecified atom stereocenters. The fourth-order valence-corrected chi connectivity index (χ4v) is 1.77. The molecule has 0 aromatic carbocycles. The van der Waals surface area contributed by atoms with Crippen LogP contribution < -0.4 is 5.32 Å². The molecule has 0 saturated carbocycles. The predicted molar refractivity (Wildman–Crippen MR) is 61.5 cm³/mol. The van der Waals surface area contributed by atoms with Crippen molar-refractivity contribution in [1.29, 1.82) is 0 Å². The quantitative estimate of drug-likeness (QED) is 0.582. The molecule has 0 aliphatic heterocycles. The van der Waals surface area contributed by atoms with Crippen LogP contribution >= 0.6 is 11.8 Å². The van der Waals surface area contributed by atoms with Gasteiger partial charge in [-0.3, -0.25) is 0 Å². The van der Waals surface area contributed by atoms with E-state index in [1.165, 1.54) is 5.75 Å². The van der Waals surface area contributed by atoms with E-state index in [4.69, 9.17) is 4.74 Å². The first-order chi connectivity index (χ1) is 6.31. The van der Waals surface area contributed by atoms with Gasteiger partial charge in [-0.2, -0.15) is 11.8 Å². The van der Waals surface area contributed by atoms with Crippen LogP contribution in [0.25, 0.3) is 0 Å². The Bertz CT molecular complexity index is 101. The fourth-order valence-electron chi connectivity index (χ4n) is 1.08. The lowest BCUT2D eigenvalue weighted by Gasteiger charge is -2.10. The number of thioether (sulfide) groups is 1. The summed E-state index contributed by atoms with van der Waals surface area (Å²) < 4.78 is 5.36. The summed E-state index contributed by atoms with van der Waals surface area (Å²) in [7, 11) is 0. The van der Waals surface area contributed by atoms with Crippen LogP contribution in [0.4, 0.5) is 0 Å². The molecule has 0 radical (unpaired) electrons. The average molecular weight is 205 g/mol. The molecule has 13 heavy (non-hydrogen) atoms. The molecule has 1 N–H and O–H groups in total. The Morgan fingerprint density at radius 2 is 2.15 bits per heavy atom. The van der Waals surface area contributed by atoms with E-state index in [9.17, 15) is 0 Å². The van der Waals surface area contributed by atoms with Crippen molar-refractivity contribution in [2.24, 2.45) is 5.92 Å². The summed E-state index contributed by atoms with van der Waals surface area (Å²) in [4.78, 5) is 0. The van der Waals surface area contributed by atoms with Gasteiger partial charge in [0.15, 0.2) is 0 Å². The summed E-state index contributed by atoms with van der Waals surface area (Å²) in [6.07, 6.45) is 3.27. The van der Waals surface area contributed by atoms with Gasteiger partial charge >= 0.3 is 0 Å². The lowest BCUT2D eigenvalue weighted by atomic mass is 10.2. The minimum absolute atomic E-state index is 0.765. The van der Waals surface area contributed by atoms with E-state index in [0.717, 1.165) is 38.6 Å². The van der Waals surface area contributed by atoms with Crippen LogP contribution in [0.2, 0.25) is 0 Å². The van der Waals surface area contributed by atoms with Crippen LogP contribution in [0, 0.1) is 5.92 Å². The minimum atomic E-state index is 0.765. The number of nitrogens with one attached hydrogen (secondary N) is 1. The van der Waals surface area contributed by atoms with Crippen molar-refractivity contribution in [2.45, 2.75) is 20.3 Å². The largest absolute Gasteiger partial charge is 0.380 e. The zero-order chi connectivity index (χ0) is 9.94. The van der Waals surface area contributed by atoms with E-state index in [2.05, 4.69) is 25.4 Å². The molecule has 2 nitrogen and oxygen atoms in total. The fraction of sp³-hybridized carbons (Fsp3) is 1.00. The molecule has 0 spiro atoms. The highest BCUT2D eigenvalue weighted by atomic mass is 32.2. The SMILES string of the molecule is CCCOCCNCC(C)CSC. The first-order valence-corrected chi connectivity index (χ1v) is 6.48. The van der Waals surface area contributed by atoms with Gasteiger partial charge in [0, 0.05) is 13.2 Å². The molecule has 80 valence electrons. The molecule has 3 heteroatoms. The van der Waals surface area contributed by atoms with Gasteiger partial charge in [0.1, 0.15) is 0 Å². The maximum Gasteiger partial charge on any atom is 0.0590 e. The average Bonchev–Trinajstić information content (AvgIpc) is 2.11.